The lowest BCUT2D eigenvalue weighted by atomic mass is 10.2. The van der Waals surface area contributed by atoms with Crippen molar-refractivity contribution in [2.24, 2.45) is 0 Å². The fourth-order valence-corrected chi connectivity index (χ4v) is 2.07. The minimum atomic E-state index is -0.296. The first-order valence-electron chi connectivity index (χ1n) is 5.58. The predicted octanol–water partition coefficient (Wildman–Crippen LogP) is 4.31. The molecule has 0 aliphatic rings. The zero-order chi connectivity index (χ0) is 13.2. The molecule has 3 rings (SSSR count). The summed E-state index contributed by atoms with van der Waals surface area (Å²) in [5, 5.41) is 7.96. The van der Waals surface area contributed by atoms with E-state index in [4.69, 9.17) is 4.42 Å². The van der Waals surface area contributed by atoms with Crippen molar-refractivity contribution >= 4 is 15.9 Å². The second kappa shape index (κ2) is 4.93. The van der Waals surface area contributed by atoms with E-state index < -0.39 is 0 Å². The van der Waals surface area contributed by atoms with Crippen LogP contribution in [0.25, 0.3) is 22.9 Å². The lowest BCUT2D eigenvalue weighted by Gasteiger charge is -1.96. The van der Waals surface area contributed by atoms with Crippen molar-refractivity contribution in [2.75, 3.05) is 0 Å². The molecule has 0 atom stereocenters. The van der Waals surface area contributed by atoms with E-state index in [1.165, 1.54) is 12.1 Å². The molecule has 0 amide bonds. The maximum Gasteiger partial charge on any atom is 0.248 e. The minimum Gasteiger partial charge on any atom is -0.416 e. The molecule has 0 radical (unpaired) electrons. The second-order valence-corrected chi connectivity index (χ2v) is 4.85. The van der Waals surface area contributed by atoms with Crippen molar-refractivity contribution < 1.29 is 8.81 Å². The van der Waals surface area contributed by atoms with Gasteiger partial charge in [0.2, 0.25) is 11.8 Å². The van der Waals surface area contributed by atoms with Gasteiger partial charge in [0.05, 0.1) is 0 Å². The molecule has 0 fully saturated rings. The second-order valence-electron chi connectivity index (χ2n) is 3.93. The molecule has 0 spiro atoms. The molecule has 94 valence electrons. The third kappa shape index (κ3) is 2.56. The number of aromatic nitrogens is 2. The lowest BCUT2D eigenvalue weighted by molar-refractivity contribution is 0.584. The van der Waals surface area contributed by atoms with E-state index in [-0.39, 0.29) is 5.82 Å². The van der Waals surface area contributed by atoms with Gasteiger partial charge in [-0.2, -0.15) is 0 Å². The fraction of sp³-hybridized carbons (Fsp3) is 0. The average Bonchev–Trinajstić information content (AvgIpc) is 2.89. The van der Waals surface area contributed by atoms with Crippen molar-refractivity contribution in [1.82, 2.24) is 10.2 Å². The highest BCUT2D eigenvalue weighted by Gasteiger charge is 2.10. The Hall–Kier alpha value is -2.01. The summed E-state index contributed by atoms with van der Waals surface area (Å²) in [6.07, 6.45) is 0. The molecule has 1 aromatic heterocycles. The lowest BCUT2D eigenvalue weighted by Crippen LogP contribution is -1.78. The normalized spacial score (nSPS) is 10.6. The minimum absolute atomic E-state index is 0.296. The molecular formula is C14H8BrFN2O. The molecule has 0 N–H and O–H groups in total. The van der Waals surface area contributed by atoms with Crippen molar-refractivity contribution in [1.29, 1.82) is 0 Å². The fourth-order valence-electron chi connectivity index (χ4n) is 1.67. The molecule has 2 aromatic carbocycles. The Morgan fingerprint density at radius 1 is 0.895 bits per heavy atom. The first kappa shape index (κ1) is 12.0. The van der Waals surface area contributed by atoms with Gasteiger partial charge in [0.15, 0.2) is 0 Å². The van der Waals surface area contributed by atoms with E-state index in [9.17, 15) is 4.39 Å². The van der Waals surface area contributed by atoms with Crippen LogP contribution in [0, 0.1) is 5.82 Å². The van der Waals surface area contributed by atoms with E-state index in [1.54, 1.807) is 12.1 Å². The summed E-state index contributed by atoms with van der Waals surface area (Å²) in [4.78, 5) is 0. The quantitative estimate of drug-likeness (QED) is 0.707. The van der Waals surface area contributed by atoms with Crippen LogP contribution in [0.1, 0.15) is 0 Å². The van der Waals surface area contributed by atoms with Gasteiger partial charge in [-0.15, -0.1) is 10.2 Å². The Morgan fingerprint density at radius 2 is 1.58 bits per heavy atom. The molecule has 0 bridgehead atoms. The smallest absolute Gasteiger partial charge is 0.248 e. The van der Waals surface area contributed by atoms with Crippen LogP contribution in [-0.4, -0.2) is 10.2 Å². The van der Waals surface area contributed by atoms with Crippen LogP contribution >= 0.6 is 15.9 Å². The number of hydrogen-bond acceptors (Lipinski definition) is 3. The highest BCUT2D eigenvalue weighted by molar-refractivity contribution is 9.10. The van der Waals surface area contributed by atoms with Crippen LogP contribution in [0.5, 0.6) is 0 Å². The Labute approximate surface area is 117 Å². The summed E-state index contributed by atoms with van der Waals surface area (Å²) >= 11 is 3.39. The molecule has 0 unspecified atom stereocenters. The molecule has 0 saturated carbocycles. The van der Waals surface area contributed by atoms with Crippen LogP contribution in [0.3, 0.4) is 0 Å². The molecule has 0 saturated heterocycles. The van der Waals surface area contributed by atoms with Crippen LogP contribution < -0.4 is 0 Å². The summed E-state index contributed by atoms with van der Waals surface area (Å²) in [5.74, 6) is 0.506. The molecule has 19 heavy (non-hydrogen) atoms. The summed E-state index contributed by atoms with van der Waals surface area (Å²) in [6, 6.07) is 13.5. The summed E-state index contributed by atoms with van der Waals surface area (Å²) in [5.41, 5.74) is 1.52. The number of nitrogens with zero attached hydrogens (tertiary/aromatic N) is 2. The molecular weight excluding hydrogens is 311 g/mol. The van der Waals surface area contributed by atoms with Crippen LogP contribution in [0.2, 0.25) is 0 Å². The number of rotatable bonds is 2. The van der Waals surface area contributed by atoms with Gasteiger partial charge < -0.3 is 4.42 Å². The van der Waals surface area contributed by atoms with E-state index >= 15 is 0 Å². The Balaban J connectivity index is 1.97. The van der Waals surface area contributed by atoms with E-state index in [1.807, 2.05) is 24.3 Å². The topological polar surface area (TPSA) is 38.9 Å². The predicted molar refractivity (Wildman–Crippen MR) is 72.8 cm³/mol. The summed E-state index contributed by atoms with van der Waals surface area (Å²) < 4.78 is 19.4. The van der Waals surface area contributed by atoms with Gasteiger partial charge >= 0.3 is 0 Å². The molecule has 3 aromatic rings. The van der Waals surface area contributed by atoms with Crippen molar-refractivity contribution in [3.8, 4) is 22.9 Å². The van der Waals surface area contributed by atoms with Crippen LogP contribution in [0.15, 0.2) is 57.4 Å². The summed E-state index contributed by atoms with van der Waals surface area (Å²) in [6.45, 7) is 0. The van der Waals surface area contributed by atoms with Gasteiger partial charge in [-0.05, 0) is 42.5 Å². The molecule has 1 heterocycles. The zero-order valence-electron chi connectivity index (χ0n) is 9.68. The monoisotopic (exact) mass is 318 g/mol. The Morgan fingerprint density at radius 3 is 2.26 bits per heavy atom. The van der Waals surface area contributed by atoms with E-state index in [2.05, 4.69) is 26.1 Å². The van der Waals surface area contributed by atoms with Gasteiger partial charge in [0.25, 0.3) is 0 Å². The molecule has 0 aliphatic heterocycles. The maximum atomic E-state index is 12.8. The first-order chi connectivity index (χ1) is 9.22. The van der Waals surface area contributed by atoms with E-state index in [0.29, 0.717) is 17.3 Å². The van der Waals surface area contributed by atoms with E-state index in [0.717, 1.165) is 10.0 Å². The largest absolute Gasteiger partial charge is 0.416 e. The van der Waals surface area contributed by atoms with Crippen molar-refractivity contribution in [3.05, 3.63) is 58.8 Å². The van der Waals surface area contributed by atoms with Crippen LogP contribution in [-0.2, 0) is 0 Å². The van der Waals surface area contributed by atoms with Gasteiger partial charge in [-0.25, -0.2) is 4.39 Å². The third-order valence-electron chi connectivity index (χ3n) is 2.59. The van der Waals surface area contributed by atoms with Gasteiger partial charge in [0, 0.05) is 15.6 Å². The standard InChI is InChI=1S/C14H8BrFN2O/c15-11-3-1-2-10(8-11)14-18-17-13(19-14)9-4-6-12(16)7-5-9/h1-8H. The number of benzene rings is 2. The van der Waals surface area contributed by atoms with Gasteiger partial charge in [0.1, 0.15) is 5.82 Å². The molecule has 0 aliphatic carbocycles. The third-order valence-corrected chi connectivity index (χ3v) is 3.08. The van der Waals surface area contributed by atoms with Gasteiger partial charge in [-0.1, -0.05) is 22.0 Å². The highest BCUT2D eigenvalue weighted by atomic mass is 79.9. The average molecular weight is 319 g/mol. The maximum absolute atomic E-state index is 12.8. The van der Waals surface area contributed by atoms with Gasteiger partial charge in [-0.3, -0.25) is 0 Å². The summed E-state index contributed by atoms with van der Waals surface area (Å²) in [7, 11) is 0. The van der Waals surface area contributed by atoms with Crippen LogP contribution in [0.4, 0.5) is 4.39 Å². The Kier molecular flexibility index (Phi) is 3.13. The highest BCUT2D eigenvalue weighted by Crippen LogP contribution is 2.25. The SMILES string of the molecule is Fc1ccc(-c2nnc(-c3cccc(Br)c3)o2)cc1. The number of hydrogen-bond donors (Lipinski definition) is 0. The van der Waals surface area contributed by atoms with Crippen molar-refractivity contribution in [2.45, 2.75) is 0 Å². The molecule has 5 heteroatoms. The zero-order valence-corrected chi connectivity index (χ0v) is 11.3. The Bertz CT molecular complexity index is 709. The van der Waals surface area contributed by atoms with Crippen molar-refractivity contribution in [3.63, 3.8) is 0 Å². The number of halogens is 2. The first-order valence-corrected chi connectivity index (χ1v) is 6.37. The molecule has 3 nitrogen and oxygen atoms in total.